The van der Waals surface area contributed by atoms with Crippen LogP contribution in [0.1, 0.15) is 5.56 Å². The molecule has 0 unspecified atom stereocenters. The van der Waals surface area contributed by atoms with E-state index in [0.717, 1.165) is 6.07 Å². The van der Waals surface area contributed by atoms with E-state index in [1.54, 1.807) is 19.0 Å². The molecule has 0 saturated carbocycles. The Kier molecular flexibility index (Phi) is 5.08. The number of aliphatic hydroxyl groups is 1. The number of hydrogen-bond acceptors (Lipinski definition) is 3. The fourth-order valence-electron chi connectivity index (χ4n) is 2.81. The lowest BCUT2D eigenvalue weighted by Gasteiger charge is -2.20. The Morgan fingerprint density at radius 1 is 1.23 bits per heavy atom. The van der Waals surface area contributed by atoms with Crippen LogP contribution in [0.2, 0.25) is 0 Å². The highest BCUT2D eigenvalue weighted by Crippen LogP contribution is 2.27. The summed E-state index contributed by atoms with van der Waals surface area (Å²) in [4.78, 5) is 15.3. The first-order valence-corrected chi connectivity index (χ1v) is 7.01. The van der Waals surface area contributed by atoms with E-state index in [-0.39, 0.29) is 36.5 Å². The van der Waals surface area contributed by atoms with Gasteiger partial charge in [0.15, 0.2) is 11.6 Å². The van der Waals surface area contributed by atoms with E-state index in [9.17, 15) is 23.1 Å². The lowest BCUT2D eigenvalue weighted by Crippen LogP contribution is -2.35. The van der Waals surface area contributed by atoms with E-state index in [0.29, 0.717) is 19.2 Å². The summed E-state index contributed by atoms with van der Waals surface area (Å²) in [5.41, 5.74) is 0.0357. The van der Waals surface area contributed by atoms with Gasteiger partial charge in [-0.1, -0.05) is 0 Å². The van der Waals surface area contributed by atoms with Crippen LogP contribution in [0.4, 0.5) is 13.2 Å². The molecule has 1 fully saturated rings. The fraction of sp³-hybridized carbons (Fsp3) is 0.533. The second-order valence-corrected chi connectivity index (χ2v) is 5.83. The smallest absolute Gasteiger partial charge is 0.226 e. The Morgan fingerprint density at radius 3 is 2.45 bits per heavy atom. The van der Waals surface area contributed by atoms with Crippen LogP contribution in [0.3, 0.4) is 0 Å². The minimum atomic E-state index is -1.23. The maximum Gasteiger partial charge on any atom is 0.226 e. The lowest BCUT2D eigenvalue weighted by atomic mass is 9.96. The minimum Gasteiger partial charge on any atom is -0.396 e. The van der Waals surface area contributed by atoms with Crippen LogP contribution in [0.5, 0.6) is 0 Å². The molecule has 1 saturated heterocycles. The van der Waals surface area contributed by atoms with Gasteiger partial charge in [-0.25, -0.2) is 13.2 Å². The summed E-state index contributed by atoms with van der Waals surface area (Å²) in [6.07, 6.45) is 0. The summed E-state index contributed by atoms with van der Waals surface area (Å²) in [7, 11) is 3.27. The van der Waals surface area contributed by atoms with Crippen LogP contribution >= 0.6 is 0 Å². The SMILES string of the molecule is CN(C)C(=O)[C@@H]1CN(Cc2cc(F)c(F)cc2F)C[C@H]1CO. The van der Waals surface area contributed by atoms with E-state index >= 15 is 0 Å². The molecule has 22 heavy (non-hydrogen) atoms. The molecule has 4 nitrogen and oxygen atoms in total. The summed E-state index contributed by atoms with van der Waals surface area (Å²) in [6, 6.07) is 1.35. The van der Waals surface area contributed by atoms with Crippen LogP contribution in [0.15, 0.2) is 12.1 Å². The Morgan fingerprint density at radius 2 is 1.86 bits per heavy atom. The predicted molar refractivity (Wildman–Crippen MR) is 74.4 cm³/mol. The van der Waals surface area contributed by atoms with Crippen molar-refractivity contribution in [2.24, 2.45) is 11.8 Å². The van der Waals surface area contributed by atoms with Crippen LogP contribution < -0.4 is 0 Å². The van der Waals surface area contributed by atoms with E-state index in [1.165, 1.54) is 4.90 Å². The second-order valence-electron chi connectivity index (χ2n) is 5.83. The molecule has 1 aromatic carbocycles. The molecule has 0 bridgehead atoms. The van der Waals surface area contributed by atoms with Crippen molar-refractivity contribution < 1.29 is 23.1 Å². The molecule has 1 aliphatic heterocycles. The molecule has 1 aromatic rings. The Labute approximate surface area is 127 Å². The van der Waals surface area contributed by atoms with Crippen molar-refractivity contribution in [3.05, 3.63) is 35.1 Å². The van der Waals surface area contributed by atoms with Gasteiger partial charge in [0, 0.05) is 57.9 Å². The molecule has 0 spiro atoms. The molecule has 1 amide bonds. The summed E-state index contributed by atoms with van der Waals surface area (Å²) >= 11 is 0. The van der Waals surface area contributed by atoms with Crippen LogP contribution in [-0.2, 0) is 11.3 Å². The number of hydrogen-bond donors (Lipinski definition) is 1. The molecule has 2 atom stereocenters. The molecular weight excluding hydrogens is 297 g/mol. The number of amides is 1. The quantitative estimate of drug-likeness (QED) is 0.850. The number of likely N-dealkylation sites (tertiary alicyclic amines) is 1. The average Bonchev–Trinajstić information content (AvgIpc) is 2.86. The van der Waals surface area contributed by atoms with E-state index < -0.39 is 17.5 Å². The number of carbonyl (C=O) groups excluding carboxylic acids is 1. The van der Waals surface area contributed by atoms with E-state index in [2.05, 4.69) is 0 Å². The van der Waals surface area contributed by atoms with Crippen LogP contribution in [-0.4, -0.2) is 54.6 Å². The van der Waals surface area contributed by atoms with Crippen molar-refractivity contribution in [3.63, 3.8) is 0 Å². The highest BCUT2D eigenvalue weighted by atomic mass is 19.2. The van der Waals surface area contributed by atoms with Crippen molar-refractivity contribution in [3.8, 4) is 0 Å². The average molecular weight is 316 g/mol. The molecule has 2 rings (SSSR count). The number of rotatable bonds is 4. The van der Waals surface area contributed by atoms with Gasteiger partial charge >= 0.3 is 0 Å². The molecule has 0 aromatic heterocycles. The van der Waals surface area contributed by atoms with Gasteiger partial charge in [0.05, 0.1) is 5.92 Å². The second kappa shape index (κ2) is 6.66. The Balaban J connectivity index is 2.12. The monoisotopic (exact) mass is 316 g/mol. The third-order valence-corrected chi connectivity index (χ3v) is 3.99. The Hall–Kier alpha value is -1.60. The topological polar surface area (TPSA) is 43.8 Å². The predicted octanol–water partition coefficient (Wildman–Crippen LogP) is 1.23. The number of halogens is 3. The largest absolute Gasteiger partial charge is 0.396 e. The van der Waals surface area contributed by atoms with Crippen LogP contribution in [0, 0.1) is 29.3 Å². The summed E-state index contributed by atoms with van der Waals surface area (Å²) < 4.78 is 39.8. The first kappa shape index (κ1) is 16.8. The van der Waals surface area contributed by atoms with Crippen molar-refractivity contribution in [2.75, 3.05) is 33.8 Å². The lowest BCUT2D eigenvalue weighted by molar-refractivity contribution is -0.134. The third-order valence-electron chi connectivity index (χ3n) is 3.99. The highest BCUT2D eigenvalue weighted by molar-refractivity contribution is 5.79. The van der Waals surface area contributed by atoms with Gasteiger partial charge in [0.2, 0.25) is 5.91 Å². The van der Waals surface area contributed by atoms with Gasteiger partial charge in [-0.2, -0.15) is 0 Å². The van der Waals surface area contributed by atoms with Crippen molar-refractivity contribution in [1.29, 1.82) is 0 Å². The zero-order chi connectivity index (χ0) is 16.4. The number of benzene rings is 1. The summed E-state index contributed by atoms with van der Waals surface area (Å²) in [5, 5.41) is 9.41. The molecule has 7 heteroatoms. The molecule has 1 aliphatic rings. The van der Waals surface area contributed by atoms with E-state index in [4.69, 9.17) is 0 Å². The van der Waals surface area contributed by atoms with Gasteiger partial charge in [-0.3, -0.25) is 9.69 Å². The first-order chi connectivity index (χ1) is 10.3. The number of nitrogens with zero attached hydrogens (tertiary/aromatic N) is 2. The molecule has 0 radical (unpaired) electrons. The molecule has 122 valence electrons. The third kappa shape index (κ3) is 3.41. The van der Waals surface area contributed by atoms with Crippen LogP contribution in [0.25, 0.3) is 0 Å². The summed E-state index contributed by atoms with van der Waals surface area (Å²) in [5.74, 6) is -3.88. The maximum absolute atomic E-state index is 13.7. The van der Waals surface area contributed by atoms with Crippen molar-refractivity contribution in [1.82, 2.24) is 9.80 Å². The van der Waals surface area contributed by atoms with Crippen molar-refractivity contribution in [2.45, 2.75) is 6.54 Å². The van der Waals surface area contributed by atoms with Gasteiger partial charge < -0.3 is 10.0 Å². The zero-order valence-electron chi connectivity index (χ0n) is 12.5. The molecule has 1 heterocycles. The van der Waals surface area contributed by atoms with Crippen molar-refractivity contribution >= 4 is 5.91 Å². The molecular formula is C15H19F3N2O2. The highest BCUT2D eigenvalue weighted by Gasteiger charge is 2.38. The number of carbonyl (C=O) groups is 1. The minimum absolute atomic E-state index is 0.0357. The summed E-state index contributed by atoms with van der Waals surface area (Å²) in [6.45, 7) is 0.664. The van der Waals surface area contributed by atoms with Gasteiger partial charge in [-0.15, -0.1) is 0 Å². The van der Waals surface area contributed by atoms with Gasteiger partial charge in [-0.05, 0) is 6.07 Å². The fourth-order valence-corrected chi connectivity index (χ4v) is 2.81. The number of aliphatic hydroxyl groups excluding tert-OH is 1. The van der Waals surface area contributed by atoms with Gasteiger partial charge in [0.1, 0.15) is 5.82 Å². The Bertz CT molecular complexity index is 566. The molecule has 0 aliphatic carbocycles. The normalized spacial score (nSPS) is 22.1. The van der Waals surface area contributed by atoms with Gasteiger partial charge in [0.25, 0.3) is 0 Å². The standard InChI is InChI=1S/C15H19F3N2O2/c1-19(2)15(22)11-7-20(6-10(11)8-21)5-9-3-13(17)14(18)4-12(9)16/h3-4,10-11,21H,5-8H2,1-2H3/t10-,11+/m0/s1. The maximum atomic E-state index is 13.7. The van der Waals surface area contributed by atoms with E-state index in [1.807, 2.05) is 0 Å². The molecule has 1 N–H and O–H groups in total. The first-order valence-electron chi connectivity index (χ1n) is 7.01. The zero-order valence-corrected chi connectivity index (χ0v) is 12.5.